The van der Waals surface area contributed by atoms with Crippen molar-refractivity contribution in [3.8, 4) is 0 Å². The Kier molecular flexibility index (Phi) is 11.4. The fourth-order valence-electron chi connectivity index (χ4n) is 3.97. The molecule has 1 N–H and O–H groups in total. The largest absolute Gasteiger partial charge is 0.352 e. The number of hydrogen-bond acceptors (Lipinski definition) is 3. The quantitative estimate of drug-likeness (QED) is 0.259. The molecule has 0 spiro atoms. The molecule has 0 saturated carbocycles. The molecule has 3 rings (SSSR count). The number of nitrogens with zero attached hydrogens (tertiary/aromatic N) is 1. The van der Waals surface area contributed by atoms with Crippen molar-refractivity contribution in [2.45, 2.75) is 58.0 Å². The smallest absolute Gasteiger partial charge is 0.243 e. The van der Waals surface area contributed by atoms with E-state index in [1.54, 1.807) is 11.0 Å². The molecule has 0 radical (unpaired) electrons. The van der Waals surface area contributed by atoms with E-state index in [-0.39, 0.29) is 23.6 Å². The van der Waals surface area contributed by atoms with Gasteiger partial charge in [0, 0.05) is 24.8 Å². The number of thioether (sulfide) groups is 1. The van der Waals surface area contributed by atoms with Gasteiger partial charge in [0.1, 0.15) is 6.04 Å². The van der Waals surface area contributed by atoms with Crippen molar-refractivity contribution >= 4 is 46.8 Å². The summed E-state index contributed by atoms with van der Waals surface area (Å²) in [6.07, 6.45) is 1.26. The lowest BCUT2D eigenvalue weighted by Crippen LogP contribution is -2.52. The fourth-order valence-corrected chi connectivity index (χ4v) is 5.15. The van der Waals surface area contributed by atoms with Crippen molar-refractivity contribution in [3.63, 3.8) is 0 Å². The van der Waals surface area contributed by atoms with Crippen LogP contribution >= 0.6 is 35.0 Å². The Bertz CT molecular complexity index is 1190. The first-order valence-electron chi connectivity index (χ1n) is 12.5. The molecule has 2 atom stereocenters. The highest BCUT2D eigenvalue weighted by molar-refractivity contribution is 7.99. The molecule has 0 bridgehead atoms. The Morgan fingerprint density at radius 3 is 2.32 bits per heavy atom. The Morgan fingerprint density at radius 2 is 1.65 bits per heavy atom. The summed E-state index contributed by atoms with van der Waals surface area (Å²) in [7, 11) is 0. The third-order valence-corrected chi connectivity index (χ3v) is 7.91. The second-order valence-corrected chi connectivity index (χ2v) is 11.1. The normalized spacial score (nSPS) is 12.6. The molecule has 0 fully saturated rings. The third kappa shape index (κ3) is 9.10. The van der Waals surface area contributed by atoms with E-state index in [0.717, 1.165) is 28.7 Å². The zero-order chi connectivity index (χ0) is 26.8. The van der Waals surface area contributed by atoms with Crippen LogP contribution in [-0.2, 0) is 28.3 Å². The van der Waals surface area contributed by atoms with Crippen LogP contribution < -0.4 is 5.32 Å². The standard InChI is InChI=1S/C30H34Cl2N2O2S/c1-4-22(3)33-30(36)28(17-23-10-6-5-7-11-23)34(18-24-12-8-9-21(2)15-24)29(35)20-37-19-25-13-14-26(31)27(32)16-25/h5-16,22,28H,4,17-20H2,1-3H3,(H,33,36). The minimum atomic E-state index is -0.630. The predicted octanol–water partition coefficient (Wildman–Crippen LogP) is 7.09. The van der Waals surface area contributed by atoms with Crippen LogP contribution in [0.25, 0.3) is 0 Å². The number of carbonyl (C=O) groups is 2. The third-order valence-electron chi connectivity index (χ3n) is 6.19. The van der Waals surface area contributed by atoms with E-state index in [4.69, 9.17) is 23.2 Å². The van der Waals surface area contributed by atoms with Crippen LogP contribution in [0.5, 0.6) is 0 Å². The fraction of sp³-hybridized carbons (Fsp3) is 0.333. The van der Waals surface area contributed by atoms with Gasteiger partial charge in [-0.1, -0.05) is 96.4 Å². The maximum absolute atomic E-state index is 13.7. The van der Waals surface area contributed by atoms with E-state index in [2.05, 4.69) is 11.4 Å². The van der Waals surface area contributed by atoms with Gasteiger partial charge in [0.15, 0.2) is 0 Å². The average Bonchev–Trinajstić information content (AvgIpc) is 2.88. The highest BCUT2D eigenvalue weighted by atomic mass is 35.5. The molecule has 0 aliphatic carbocycles. The number of amides is 2. The van der Waals surface area contributed by atoms with Crippen LogP contribution in [0, 0.1) is 6.92 Å². The number of benzene rings is 3. The summed E-state index contributed by atoms with van der Waals surface area (Å²) in [5, 5.41) is 4.11. The number of nitrogens with one attached hydrogen (secondary N) is 1. The molecular weight excluding hydrogens is 523 g/mol. The maximum Gasteiger partial charge on any atom is 0.243 e. The number of carbonyl (C=O) groups excluding carboxylic acids is 2. The topological polar surface area (TPSA) is 49.4 Å². The lowest BCUT2D eigenvalue weighted by atomic mass is 10.0. The summed E-state index contributed by atoms with van der Waals surface area (Å²) < 4.78 is 0. The molecule has 3 aromatic rings. The Hall–Kier alpha value is -2.47. The van der Waals surface area contributed by atoms with E-state index < -0.39 is 6.04 Å². The Labute approximate surface area is 234 Å². The SMILES string of the molecule is CCC(C)NC(=O)C(Cc1ccccc1)N(Cc1cccc(C)c1)C(=O)CSCc1ccc(Cl)c(Cl)c1. The molecule has 0 aliphatic heterocycles. The van der Waals surface area contributed by atoms with Crippen LogP contribution in [0.3, 0.4) is 0 Å². The summed E-state index contributed by atoms with van der Waals surface area (Å²) in [4.78, 5) is 29.0. The van der Waals surface area contributed by atoms with Gasteiger partial charge in [-0.15, -0.1) is 11.8 Å². The highest BCUT2D eigenvalue weighted by Crippen LogP contribution is 2.25. The van der Waals surface area contributed by atoms with Gasteiger partial charge in [-0.2, -0.15) is 0 Å². The van der Waals surface area contributed by atoms with E-state index in [1.165, 1.54) is 11.8 Å². The first-order chi connectivity index (χ1) is 17.8. The van der Waals surface area contributed by atoms with Crippen molar-refractivity contribution in [3.05, 3.63) is 105 Å². The van der Waals surface area contributed by atoms with Gasteiger partial charge in [0.05, 0.1) is 15.8 Å². The molecule has 2 amide bonds. The van der Waals surface area contributed by atoms with E-state index in [1.807, 2.05) is 81.4 Å². The Balaban J connectivity index is 1.85. The second-order valence-electron chi connectivity index (χ2n) is 9.28. The van der Waals surface area contributed by atoms with Crippen molar-refractivity contribution in [1.82, 2.24) is 10.2 Å². The summed E-state index contributed by atoms with van der Waals surface area (Å²) in [5.41, 5.74) is 4.12. The summed E-state index contributed by atoms with van der Waals surface area (Å²) in [5.74, 6) is 0.651. The zero-order valence-electron chi connectivity index (χ0n) is 21.5. The van der Waals surface area contributed by atoms with Gasteiger partial charge in [0.25, 0.3) is 0 Å². The number of hydrogen-bond donors (Lipinski definition) is 1. The number of aryl methyl sites for hydroxylation is 1. The number of halogens is 2. The van der Waals surface area contributed by atoms with Crippen LogP contribution in [0.15, 0.2) is 72.8 Å². The summed E-state index contributed by atoms with van der Waals surface area (Å²) >= 11 is 13.7. The maximum atomic E-state index is 13.7. The second kappa shape index (κ2) is 14.5. The molecule has 4 nitrogen and oxygen atoms in total. The molecular formula is C30H34Cl2N2O2S. The van der Waals surface area contributed by atoms with Crippen LogP contribution in [0.1, 0.15) is 42.5 Å². The molecule has 3 aromatic carbocycles. The first kappa shape index (κ1) is 29.1. The van der Waals surface area contributed by atoms with Crippen molar-refractivity contribution in [2.24, 2.45) is 0 Å². The van der Waals surface area contributed by atoms with Gasteiger partial charge in [0.2, 0.25) is 11.8 Å². The highest BCUT2D eigenvalue weighted by Gasteiger charge is 2.30. The van der Waals surface area contributed by atoms with Gasteiger partial charge in [-0.3, -0.25) is 9.59 Å². The van der Waals surface area contributed by atoms with Crippen LogP contribution in [0.4, 0.5) is 0 Å². The average molecular weight is 558 g/mol. The molecule has 2 unspecified atom stereocenters. The first-order valence-corrected chi connectivity index (χ1v) is 14.4. The minimum absolute atomic E-state index is 0.0192. The lowest BCUT2D eigenvalue weighted by molar-refractivity contribution is -0.139. The molecule has 0 aromatic heterocycles. The molecule has 196 valence electrons. The molecule has 0 heterocycles. The van der Waals surface area contributed by atoms with Gasteiger partial charge in [-0.25, -0.2) is 0 Å². The van der Waals surface area contributed by atoms with Gasteiger partial charge in [-0.05, 0) is 49.1 Å². The molecule has 37 heavy (non-hydrogen) atoms. The van der Waals surface area contributed by atoms with Crippen LogP contribution in [-0.4, -0.2) is 34.6 Å². The van der Waals surface area contributed by atoms with Crippen molar-refractivity contribution in [1.29, 1.82) is 0 Å². The predicted molar refractivity (Wildman–Crippen MR) is 156 cm³/mol. The van der Waals surface area contributed by atoms with Gasteiger partial charge < -0.3 is 10.2 Å². The van der Waals surface area contributed by atoms with E-state index >= 15 is 0 Å². The molecule has 7 heteroatoms. The van der Waals surface area contributed by atoms with E-state index in [9.17, 15) is 9.59 Å². The van der Waals surface area contributed by atoms with Gasteiger partial charge >= 0.3 is 0 Å². The van der Waals surface area contributed by atoms with Crippen molar-refractivity contribution in [2.75, 3.05) is 5.75 Å². The summed E-state index contributed by atoms with van der Waals surface area (Å²) in [6, 6.07) is 22.8. The zero-order valence-corrected chi connectivity index (χ0v) is 23.9. The monoisotopic (exact) mass is 556 g/mol. The van der Waals surface area contributed by atoms with Crippen molar-refractivity contribution < 1.29 is 9.59 Å². The summed E-state index contributed by atoms with van der Waals surface area (Å²) in [6.45, 7) is 6.41. The molecule has 0 saturated heterocycles. The Morgan fingerprint density at radius 1 is 0.919 bits per heavy atom. The lowest BCUT2D eigenvalue weighted by Gasteiger charge is -2.32. The minimum Gasteiger partial charge on any atom is -0.352 e. The number of rotatable bonds is 12. The van der Waals surface area contributed by atoms with Crippen LogP contribution in [0.2, 0.25) is 10.0 Å². The van der Waals surface area contributed by atoms with E-state index in [0.29, 0.717) is 28.8 Å². The molecule has 0 aliphatic rings.